The maximum atomic E-state index is 12.0. The molecule has 0 spiro atoms. The standard InChI is InChI=1S/C17H25NO3/c1-4-5-6-12(2)16(19)18-15-9-7-14(8-10-15)11-13(3)17(20)21/h7-10,12-13H,4-6,11H2,1-3H3,(H,18,19)(H,20,21). The van der Waals surface area contributed by atoms with E-state index in [1.165, 1.54) is 0 Å². The number of unbranched alkanes of at least 4 members (excludes halogenated alkanes) is 1. The summed E-state index contributed by atoms with van der Waals surface area (Å²) in [4.78, 5) is 22.8. The van der Waals surface area contributed by atoms with E-state index in [2.05, 4.69) is 12.2 Å². The Morgan fingerprint density at radius 2 is 1.76 bits per heavy atom. The molecule has 4 heteroatoms. The van der Waals surface area contributed by atoms with Crippen molar-refractivity contribution in [2.45, 2.75) is 46.5 Å². The first-order valence-corrected chi connectivity index (χ1v) is 7.56. The van der Waals surface area contributed by atoms with Crippen molar-refractivity contribution < 1.29 is 14.7 Å². The second-order valence-corrected chi connectivity index (χ2v) is 5.67. The lowest BCUT2D eigenvalue weighted by Gasteiger charge is -2.12. The van der Waals surface area contributed by atoms with Gasteiger partial charge in [-0.25, -0.2) is 0 Å². The number of rotatable bonds is 8. The summed E-state index contributed by atoms with van der Waals surface area (Å²) < 4.78 is 0. The van der Waals surface area contributed by atoms with Crippen molar-refractivity contribution in [3.63, 3.8) is 0 Å². The van der Waals surface area contributed by atoms with Crippen LogP contribution in [0.15, 0.2) is 24.3 Å². The van der Waals surface area contributed by atoms with E-state index in [0.717, 1.165) is 30.5 Å². The number of amides is 1. The first kappa shape index (κ1) is 17.2. The van der Waals surface area contributed by atoms with Crippen LogP contribution in [0, 0.1) is 11.8 Å². The van der Waals surface area contributed by atoms with E-state index in [9.17, 15) is 9.59 Å². The Balaban J connectivity index is 2.54. The topological polar surface area (TPSA) is 66.4 Å². The second kappa shape index (κ2) is 8.45. The fraction of sp³-hybridized carbons (Fsp3) is 0.529. The van der Waals surface area contributed by atoms with Crippen molar-refractivity contribution in [3.05, 3.63) is 29.8 Å². The normalized spacial score (nSPS) is 13.5. The van der Waals surface area contributed by atoms with Crippen molar-refractivity contribution in [3.8, 4) is 0 Å². The number of carbonyl (C=O) groups excluding carboxylic acids is 1. The summed E-state index contributed by atoms with van der Waals surface area (Å²) in [6, 6.07) is 7.39. The first-order chi connectivity index (χ1) is 9.93. The van der Waals surface area contributed by atoms with Gasteiger partial charge in [-0.15, -0.1) is 0 Å². The van der Waals surface area contributed by atoms with Gasteiger partial charge in [-0.3, -0.25) is 9.59 Å². The van der Waals surface area contributed by atoms with Crippen molar-refractivity contribution in [2.24, 2.45) is 11.8 Å². The lowest BCUT2D eigenvalue weighted by Crippen LogP contribution is -2.20. The molecular formula is C17H25NO3. The van der Waals surface area contributed by atoms with Crippen LogP contribution in [0.2, 0.25) is 0 Å². The molecule has 0 aliphatic heterocycles. The van der Waals surface area contributed by atoms with Gasteiger partial charge < -0.3 is 10.4 Å². The van der Waals surface area contributed by atoms with E-state index in [0.29, 0.717) is 6.42 Å². The molecule has 0 heterocycles. The summed E-state index contributed by atoms with van der Waals surface area (Å²) in [6.45, 7) is 5.74. The Morgan fingerprint density at radius 1 is 1.14 bits per heavy atom. The predicted octanol–water partition coefficient (Wildman–Crippen LogP) is 3.71. The zero-order chi connectivity index (χ0) is 15.8. The van der Waals surface area contributed by atoms with Gasteiger partial charge in [0.1, 0.15) is 0 Å². The molecule has 4 nitrogen and oxygen atoms in total. The number of anilines is 1. The van der Waals surface area contributed by atoms with Crippen LogP contribution in [0.5, 0.6) is 0 Å². The molecule has 1 aromatic carbocycles. The van der Waals surface area contributed by atoms with Gasteiger partial charge in [-0.2, -0.15) is 0 Å². The van der Waals surface area contributed by atoms with E-state index in [-0.39, 0.29) is 11.8 Å². The molecule has 0 saturated carbocycles. The Morgan fingerprint density at radius 3 is 2.29 bits per heavy atom. The molecular weight excluding hydrogens is 266 g/mol. The number of carboxylic acids is 1. The zero-order valence-electron chi connectivity index (χ0n) is 13.1. The monoisotopic (exact) mass is 291 g/mol. The van der Waals surface area contributed by atoms with Crippen LogP contribution in [0.25, 0.3) is 0 Å². The summed E-state index contributed by atoms with van der Waals surface area (Å²) in [5, 5.41) is 11.8. The molecule has 2 N–H and O–H groups in total. The third-order valence-electron chi connectivity index (χ3n) is 3.62. The van der Waals surface area contributed by atoms with Crippen molar-refractivity contribution in [1.82, 2.24) is 0 Å². The van der Waals surface area contributed by atoms with Crippen LogP contribution in [0.1, 0.15) is 45.6 Å². The second-order valence-electron chi connectivity index (χ2n) is 5.67. The Hall–Kier alpha value is -1.84. The molecule has 1 amide bonds. The fourth-order valence-electron chi connectivity index (χ4n) is 2.07. The summed E-state index contributed by atoms with van der Waals surface area (Å²) in [5.74, 6) is -1.15. The van der Waals surface area contributed by atoms with Gasteiger partial charge in [0.2, 0.25) is 5.91 Å². The molecule has 0 aliphatic carbocycles. The van der Waals surface area contributed by atoms with Gasteiger partial charge in [-0.05, 0) is 30.5 Å². The quantitative estimate of drug-likeness (QED) is 0.767. The van der Waals surface area contributed by atoms with Gasteiger partial charge in [0, 0.05) is 11.6 Å². The third kappa shape index (κ3) is 5.98. The van der Waals surface area contributed by atoms with Crippen LogP contribution >= 0.6 is 0 Å². The number of nitrogens with one attached hydrogen (secondary N) is 1. The van der Waals surface area contributed by atoms with Crippen LogP contribution in [-0.2, 0) is 16.0 Å². The highest BCUT2D eigenvalue weighted by molar-refractivity contribution is 5.92. The summed E-state index contributed by atoms with van der Waals surface area (Å²) in [7, 11) is 0. The molecule has 0 aromatic heterocycles. The molecule has 0 radical (unpaired) electrons. The van der Waals surface area contributed by atoms with Gasteiger partial charge in [0.25, 0.3) is 0 Å². The molecule has 0 saturated heterocycles. The maximum Gasteiger partial charge on any atom is 0.306 e. The lowest BCUT2D eigenvalue weighted by atomic mass is 10.0. The summed E-state index contributed by atoms with van der Waals surface area (Å²) >= 11 is 0. The maximum absolute atomic E-state index is 12.0. The number of hydrogen-bond donors (Lipinski definition) is 2. The van der Waals surface area contributed by atoms with Crippen LogP contribution in [-0.4, -0.2) is 17.0 Å². The largest absolute Gasteiger partial charge is 0.481 e. The summed E-state index contributed by atoms with van der Waals surface area (Å²) in [5.41, 5.74) is 1.72. The van der Waals surface area contributed by atoms with Crippen molar-refractivity contribution >= 4 is 17.6 Å². The molecule has 2 unspecified atom stereocenters. The number of hydrogen-bond acceptors (Lipinski definition) is 2. The number of carboxylic acid groups (broad SMARTS) is 1. The molecule has 1 aromatic rings. The van der Waals surface area contributed by atoms with E-state index in [1.54, 1.807) is 6.92 Å². The molecule has 0 bridgehead atoms. The fourth-order valence-corrected chi connectivity index (χ4v) is 2.07. The number of carbonyl (C=O) groups is 2. The number of benzene rings is 1. The minimum absolute atomic E-state index is 0.0108. The van der Waals surface area contributed by atoms with Crippen molar-refractivity contribution in [2.75, 3.05) is 5.32 Å². The van der Waals surface area contributed by atoms with Crippen molar-refractivity contribution in [1.29, 1.82) is 0 Å². The van der Waals surface area contributed by atoms with Crippen LogP contribution in [0.4, 0.5) is 5.69 Å². The van der Waals surface area contributed by atoms with Gasteiger partial charge in [0.15, 0.2) is 0 Å². The van der Waals surface area contributed by atoms with E-state index < -0.39 is 11.9 Å². The average Bonchev–Trinajstić information content (AvgIpc) is 2.46. The van der Waals surface area contributed by atoms with E-state index >= 15 is 0 Å². The SMILES string of the molecule is CCCCC(C)C(=O)Nc1ccc(CC(C)C(=O)O)cc1. The summed E-state index contributed by atoms with van der Waals surface area (Å²) in [6.07, 6.45) is 3.54. The minimum atomic E-state index is -0.794. The third-order valence-corrected chi connectivity index (χ3v) is 3.62. The highest BCUT2D eigenvalue weighted by Crippen LogP contribution is 2.16. The molecule has 21 heavy (non-hydrogen) atoms. The first-order valence-electron chi connectivity index (χ1n) is 7.56. The highest BCUT2D eigenvalue weighted by atomic mass is 16.4. The molecule has 116 valence electrons. The van der Waals surface area contributed by atoms with Crippen LogP contribution < -0.4 is 5.32 Å². The molecule has 0 aliphatic rings. The Labute approximate surface area is 126 Å². The highest BCUT2D eigenvalue weighted by Gasteiger charge is 2.13. The lowest BCUT2D eigenvalue weighted by molar-refractivity contribution is -0.141. The van der Waals surface area contributed by atoms with E-state index in [4.69, 9.17) is 5.11 Å². The number of aliphatic carboxylic acids is 1. The molecule has 2 atom stereocenters. The van der Waals surface area contributed by atoms with Crippen LogP contribution in [0.3, 0.4) is 0 Å². The van der Waals surface area contributed by atoms with Gasteiger partial charge in [0.05, 0.1) is 5.92 Å². The zero-order valence-corrected chi connectivity index (χ0v) is 13.1. The average molecular weight is 291 g/mol. The van der Waals surface area contributed by atoms with E-state index in [1.807, 2.05) is 31.2 Å². The Bertz CT molecular complexity index is 467. The predicted molar refractivity (Wildman–Crippen MR) is 84.3 cm³/mol. The molecule has 1 rings (SSSR count). The van der Waals surface area contributed by atoms with Gasteiger partial charge >= 0.3 is 5.97 Å². The van der Waals surface area contributed by atoms with Gasteiger partial charge in [-0.1, -0.05) is 45.7 Å². The smallest absolute Gasteiger partial charge is 0.306 e. The minimum Gasteiger partial charge on any atom is -0.481 e. The molecule has 0 fully saturated rings. The Kier molecular flexibility index (Phi) is 6.92.